The smallest absolute Gasteiger partial charge is 0.249 e. The second kappa shape index (κ2) is 11.6. The van der Waals surface area contributed by atoms with E-state index in [2.05, 4.69) is 31.2 Å². The average Bonchev–Trinajstić information content (AvgIpc) is 3.80. The van der Waals surface area contributed by atoms with Crippen LogP contribution in [0, 0.1) is 13.8 Å². The van der Waals surface area contributed by atoms with Crippen molar-refractivity contribution in [3.8, 4) is 5.69 Å². The summed E-state index contributed by atoms with van der Waals surface area (Å²) in [5, 5.41) is 24.9. The topological polar surface area (TPSA) is 133 Å². The number of anilines is 1. The van der Waals surface area contributed by atoms with Crippen molar-refractivity contribution in [2.45, 2.75) is 45.4 Å². The van der Waals surface area contributed by atoms with Gasteiger partial charge in [0, 0.05) is 23.7 Å². The van der Waals surface area contributed by atoms with Crippen LogP contribution in [0.2, 0.25) is 0 Å². The number of carbonyl (C=O) groups excluding carboxylic acids is 2. The van der Waals surface area contributed by atoms with E-state index in [0.717, 1.165) is 40.0 Å². The number of amides is 2. The fraction of sp³-hybridized carbons (Fsp3) is 0.321. The van der Waals surface area contributed by atoms with E-state index in [1.165, 1.54) is 17.7 Å². The molecule has 6 rings (SSSR count). The minimum Gasteiger partial charge on any atom is -0.376 e. The molecule has 4 heterocycles. The van der Waals surface area contributed by atoms with E-state index in [9.17, 15) is 9.59 Å². The van der Waals surface area contributed by atoms with Crippen LogP contribution in [0.4, 0.5) is 5.69 Å². The van der Waals surface area contributed by atoms with Crippen molar-refractivity contribution in [3.63, 3.8) is 0 Å². The SMILES string of the molecule is Cc1cc(N(C(=O)Cn2nnc3ccccc32)[C@@H](C(=O)NC[C@@H]2CCCO2)c2sccc2C)ccc1-n1cnnn1. The van der Waals surface area contributed by atoms with Gasteiger partial charge in [-0.3, -0.25) is 14.5 Å². The van der Waals surface area contributed by atoms with Crippen molar-refractivity contribution in [2.24, 2.45) is 0 Å². The number of nitrogens with one attached hydrogen (secondary N) is 1. The fourth-order valence-corrected chi connectivity index (χ4v) is 6.14. The number of aromatic nitrogens is 7. The van der Waals surface area contributed by atoms with Gasteiger partial charge in [0.2, 0.25) is 11.8 Å². The molecule has 41 heavy (non-hydrogen) atoms. The Labute approximate surface area is 239 Å². The van der Waals surface area contributed by atoms with E-state index in [1.54, 1.807) is 14.3 Å². The summed E-state index contributed by atoms with van der Waals surface area (Å²) in [6, 6.07) is 14.0. The van der Waals surface area contributed by atoms with E-state index in [1.807, 2.05) is 67.8 Å². The van der Waals surface area contributed by atoms with Gasteiger partial charge in [0.15, 0.2) is 0 Å². The van der Waals surface area contributed by atoms with Gasteiger partial charge in [0.05, 0.1) is 17.3 Å². The Morgan fingerprint density at radius 3 is 2.76 bits per heavy atom. The monoisotopic (exact) mass is 571 g/mol. The number of thiophene rings is 1. The van der Waals surface area contributed by atoms with Gasteiger partial charge in [0.1, 0.15) is 24.4 Å². The number of ether oxygens (including phenoxy) is 1. The molecule has 0 radical (unpaired) electrons. The second-order valence-electron chi connectivity index (χ2n) is 9.98. The van der Waals surface area contributed by atoms with Crippen molar-refractivity contribution < 1.29 is 14.3 Å². The zero-order valence-corrected chi connectivity index (χ0v) is 23.5. The highest BCUT2D eigenvalue weighted by molar-refractivity contribution is 7.10. The Hall–Kier alpha value is -4.49. The number of fused-ring (bicyclic) bond motifs is 1. The minimum atomic E-state index is -0.906. The highest BCUT2D eigenvalue weighted by Crippen LogP contribution is 2.35. The van der Waals surface area contributed by atoms with Gasteiger partial charge >= 0.3 is 0 Å². The summed E-state index contributed by atoms with van der Waals surface area (Å²) in [4.78, 5) is 30.6. The van der Waals surface area contributed by atoms with E-state index in [-0.39, 0.29) is 24.5 Å². The minimum absolute atomic E-state index is 0.0347. The van der Waals surface area contributed by atoms with E-state index >= 15 is 0 Å². The molecule has 1 N–H and O–H groups in total. The van der Waals surface area contributed by atoms with Gasteiger partial charge in [-0.25, -0.2) is 9.36 Å². The molecule has 0 bridgehead atoms. The quantitative estimate of drug-likeness (QED) is 0.285. The molecule has 13 heteroatoms. The molecule has 1 saturated heterocycles. The summed E-state index contributed by atoms with van der Waals surface area (Å²) < 4.78 is 8.86. The Morgan fingerprint density at radius 2 is 2.02 bits per heavy atom. The van der Waals surface area contributed by atoms with Crippen LogP contribution >= 0.6 is 11.3 Å². The standard InChI is InChI=1S/C28H29N9O3S/c1-18-11-13-41-27(18)26(28(39)29-15-21-6-5-12-40-21)37(20-9-10-23(19(2)14-20)36-17-30-32-34-36)25(38)16-35-24-8-4-3-7-22(24)31-33-35/h3-4,7-11,13-14,17,21,26H,5-6,12,15-16H2,1-2H3,(H,29,39)/t21-,26+/m0/s1. The van der Waals surface area contributed by atoms with Crippen molar-refractivity contribution in [2.75, 3.05) is 18.1 Å². The van der Waals surface area contributed by atoms with Crippen LogP contribution in [-0.2, 0) is 20.9 Å². The molecule has 0 saturated carbocycles. The third-order valence-corrected chi connectivity index (χ3v) is 8.28. The highest BCUT2D eigenvalue weighted by Gasteiger charge is 2.35. The van der Waals surface area contributed by atoms with Crippen LogP contribution in [-0.4, -0.2) is 66.3 Å². The zero-order chi connectivity index (χ0) is 28.3. The van der Waals surface area contributed by atoms with Crippen LogP contribution < -0.4 is 10.2 Å². The molecular formula is C28H29N9O3S. The number of aryl methyl sites for hydroxylation is 2. The fourth-order valence-electron chi connectivity index (χ4n) is 5.13. The normalized spacial score (nSPS) is 15.7. The molecule has 1 aliphatic heterocycles. The summed E-state index contributed by atoms with van der Waals surface area (Å²) in [5.41, 5.74) is 4.52. The molecule has 2 amide bonds. The molecule has 3 aromatic heterocycles. The van der Waals surface area contributed by atoms with Crippen LogP contribution in [0.1, 0.15) is 34.9 Å². The summed E-state index contributed by atoms with van der Waals surface area (Å²) in [7, 11) is 0. The van der Waals surface area contributed by atoms with Crippen LogP contribution in [0.3, 0.4) is 0 Å². The third kappa shape index (κ3) is 5.45. The maximum absolute atomic E-state index is 14.3. The maximum atomic E-state index is 14.3. The van der Waals surface area contributed by atoms with Gasteiger partial charge in [0.25, 0.3) is 0 Å². The molecule has 1 fully saturated rings. The van der Waals surface area contributed by atoms with Crippen molar-refractivity contribution in [3.05, 3.63) is 76.2 Å². The lowest BCUT2D eigenvalue weighted by atomic mass is 10.1. The van der Waals surface area contributed by atoms with Crippen LogP contribution in [0.25, 0.3) is 16.7 Å². The summed E-state index contributed by atoms with van der Waals surface area (Å²) in [6.07, 6.45) is 3.34. The predicted molar refractivity (Wildman–Crippen MR) is 153 cm³/mol. The van der Waals surface area contributed by atoms with Crippen molar-refractivity contribution >= 4 is 39.9 Å². The average molecular weight is 572 g/mol. The van der Waals surface area contributed by atoms with Crippen molar-refractivity contribution in [1.29, 1.82) is 0 Å². The predicted octanol–water partition coefficient (Wildman–Crippen LogP) is 3.16. The first-order valence-electron chi connectivity index (χ1n) is 13.4. The zero-order valence-electron chi connectivity index (χ0n) is 22.7. The Kier molecular flexibility index (Phi) is 7.53. The molecule has 0 aliphatic carbocycles. The molecule has 2 aromatic carbocycles. The van der Waals surface area contributed by atoms with Gasteiger partial charge in [-0.05, 0) is 90.0 Å². The Balaban J connectivity index is 1.41. The first kappa shape index (κ1) is 26.7. The number of hydrogen-bond acceptors (Lipinski definition) is 9. The Morgan fingerprint density at radius 1 is 1.15 bits per heavy atom. The lowest BCUT2D eigenvalue weighted by Gasteiger charge is -2.32. The number of benzene rings is 2. The largest absolute Gasteiger partial charge is 0.376 e. The van der Waals surface area contributed by atoms with Crippen LogP contribution in [0.15, 0.2) is 60.2 Å². The molecule has 0 spiro atoms. The molecule has 210 valence electrons. The molecule has 1 aliphatic rings. The lowest BCUT2D eigenvalue weighted by molar-refractivity contribution is -0.127. The highest BCUT2D eigenvalue weighted by atomic mass is 32.1. The van der Waals surface area contributed by atoms with Gasteiger partial charge in [-0.2, -0.15) is 0 Å². The number of tetrazole rings is 1. The summed E-state index contributed by atoms with van der Waals surface area (Å²) in [6.45, 7) is 4.83. The summed E-state index contributed by atoms with van der Waals surface area (Å²) in [5.74, 6) is -0.578. The molecular weight excluding hydrogens is 542 g/mol. The van der Waals surface area contributed by atoms with Crippen LogP contribution in [0.5, 0.6) is 0 Å². The molecule has 5 aromatic rings. The number of nitrogens with zero attached hydrogens (tertiary/aromatic N) is 8. The Bertz CT molecular complexity index is 1670. The molecule has 12 nitrogen and oxygen atoms in total. The molecule has 2 atom stereocenters. The van der Waals surface area contributed by atoms with Gasteiger partial charge < -0.3 is 10.1 Å². The summed E-state index contributed by atoms with van der Waals surface area (Å²) >= 11 is 1.45. The van der Waals surface area contributed by atoms with E-state index in [0.29, 0.717) is 24.4 Å². The number of rotatable bonds is 9. The second-order valence-corrected chi connectivity index (χ2v) is 10.9. The maximum Gasteiger partial charge on any atom is 0.249 e. The number of carbonyl (C=O) groups is 2. The number of para-hydroxylation sites is 1. The molecule has 0 unspecified atom stereocenters. The first-order valence-corrected chi connectivity index (χ1v) is 14.2. The number of hydrogen-bond donors (Lipinski definition) is 1. The lowest BCUT2D eigenvalue weighted by Crippen LogP contribution is -2.46. The third-order valence-electron chi connectivity index (χ3n) is 7.21. The van der Waals surface area contributed by atoms with Gasteiger partial charge in [-0.1, -0.05) is 17.3 Å². The van der Waals surface area contributed by atoms with E-state index < -0.39 is 6.04 Å². The van der Waals surface area contributed by atoms with Gasteiger partial charge in [-0.15, -0.1) is 21.5 Å². The van der Waals surface area contributed by atoms with Crippen molar-refractivity contribution in [1.82, 2.24) is 40.5 Å². The first-order chi connectivity index (χ1) is 20.0. The van der Waals surface area contributed by atoms with E-state index in [4.69, 9.17) is 4.74 Å².